The first-order valence-electron chi connectivity index (χ1n) is 7.21. The fourth-order valence-electron chi connectivity index (χ4n) is 2.98. The number of rotatable bonds is 6. The van der Waals surface area contributed by atoms with Crippen molar-refractivity contribution < 1.29 is 9.59 Å². The van der Waals surface area contributed by atoms with Gasteiger partial charge in [-0.2, -0.15) is 11.8 Å². The predicted octanol–water partition coefficient (Wildman–Crippen LogP) is 2.18. The Balaban J connectivity index is 1.72. The Kier molecular flexibility index (Phi) is 4.76. The average molecular weight is 284 g/mol. The number of carbonyl (C=O) groups is 2. The summed E-state index contributed by atoms with van der Waals surface area (Å²) in [5, 5.41) is 6.47. The average Bonchev–Trinajstić information content (AvgIpc) is 2.88. The van der Waals surface area contributed by atoms with Crippen LogP contribution >= 0.6 is 11.8 Å². The summed E-state index contributed by atoms with van der Waals surface area (Å²) in [5.41, 5.74) is 0. The first kappa shape index (κ1) is 14.7. The molecule has 4 nitrogen and oxygen atoms in total. The molecule has 0 radical (unpaired) electrons. The monoisotopic (exact) mass is 284 g/mol. The molecule has 0 aromatic rings. The summed E-state index contributed by atoms with van der Waals surface area (Å²) in [6.45, 7) is 5.97. The van der Waals surface area contributed by atoms with Gasteiger partial charge in [0, 0.05) is 22.8 Å². The van der Waals surface area contributed by atoms with Gasteiger partial charge in [-0.3, -0.25) is 4.79 Å². The van der Waals surface area contributed by atoms with Gasteiger partial charge in [0.2, 0.25) is 0 Å². The van der Waals surface area contributed by atoms with Crippen molar-refractivity contribution in [3.8, 4) is 0 Å². The van der Waals surface area contributed by atoms with E-state index in [9.17, 15) is 9.59 Å². The topological polar surface area (TPSA) is 58.2 Å². The van der Waals surface area contributed by atoms with Crippen molar-refractivity contribution in [1.29, 1.82) is 0 Å². The van der Waals surface area contributed by atoms with Gasteiger partial charge in [0.15, 0.2) is 0 Å². The zero-order valence-corrected chi connectivity index (χ0v) is 12.8. The minimum atomic E-state index is -0.0244. The zero-order valence-electron chi connectivity index (χ0n) is 11.9. The van der Waals surface area contributed by atoms with Crippen LogP contribution in [0.2, 0.25) is 0 Å². The third-order valence-electron chi connectivity index (χ3n) is 4.12. The van der Waals surface area contributed by atoms with Crippen molar-refractivity contribution in [3.05, 3.63) is 0 Å². The Morgan fingerprint density at radius 1 is 1.37 bits per heavy atom. The highest BCUT2D eigenvalue weighted by Crippen LogP contribution is 2.33. The van der Waals surface area contributed by atoms with Crippen LogP contribution in [0, 0.1) is 11.8 Å². The van der Waals surface area contributed by atoms with Gasteiger partial charge in [0.1, 0.15) is 5.78 Å². The summed E-state index contributed by atoms with van der Waals surface area (Å²) >= 11 is 1.94. The van der Waals surface area contributed by atoms with Gasteiger partial charge in [-0.05, 0) is 12.8 Å². The second-order valence-corrected chi connectivity index (χ2v) is 7.28. The molecule has 0 bridgehead atoms. The summed E-state index contributed by atoms with van der Waals surface area (Å²) < 4.78 is 0. The SMILES string of the molecule is CC(C)C(=O)C(C)CCC[C@@H]1SC[C@@H]2NC(=O)N[C@@H]21. The van der Waals surface area contributed by atoms with Crippen LogP contribution in [-0.4, -0.2) is 34.9 Å². The number of fused-ring (bicyclic) bond motifs is 1. The summed E-state index contributed by atoms with van der Waals surface area (Å²) in [6.07, 6.45) is 3.12. The van der Waals surface area contributed by atoms with Crippen molar-refractivity contribution in [2.45, 2.75) is 57.4 Å². The lowest BCUT2D eigenvalue weighted by molar-refractivity contribution is -0.125. The van der Waals surface area contributed by atoms with Crippen LogP contribution in [0.1, 0.15) is 40.0 Å². The first-order chi connectivity index (χ1) is 8.99. The smallest absolute Gasteiger partial charge is 0.315 e. The lowest BCUT2D eigenvalue weighted by Crippen LogP contribution is -2.36. The van der Waals surface area contributed by atoms with Crippen LogP contribution in [0.25, 0.3) is 0 Å². The number of ketones is 1. The molecule has 2 amide bonds. The van der Waals surface area contributed by atoms with E-state index < -0.39 is 0 Å². The number of carbonyl (C=O) groups excluding carboxylic acids is 2. The van der Waals surface area contributed by atoms with Crippen LogP contribution in [0.3, 0.4) is 0 Å². The normalized spacial score (nSPS) is 30.9. The number of nitrogens with one attached hydrogen (secondary N) is 2. The van der Waals surface area contributed by atoms with E-state index in [0.717, 1.165) is 25.0 Å². The molecular formula is C14H24N2O2S. The van der Waals surface area contributed by atoms with Crippen LogP contribution in [0.15, 0.2) is 0 Å². The summed E-state index contributed by atoms with van der Waals surface area (Å²) in [7, 11) is 0. The quantitative estimate of drug-likeness (QED) is 0.735. The van der Waals surface area contributed by atoms with Gasteiger partial charge < -0.3 is 10.6 Å². The van der Waals surface area contributed by atoms with Gasteiger partial charge in [-0.1, -0.05) is 27.2 Å². The number of Topliss-reactive ketones (excluding diaryl/α,β-unsaturated/α-hetero) is 1. The molecule has 2 heterocycles. The Hall–Kier alpha value is -0.710. The molecule has 2 fully saturated rings. The molecule has 0 spiro atoms. The van der Waals surface area contributed by atoms with Crippen LogP contribution in [0.5, 0.6) is 0 Å². The standard InChI is InChI=1S/C14H24N2O2S/c1-8(2)13(17)9(3)5-4-6-11-12-10(7-19-11)15-14(18)16-12/h8-12H,4-7H2,1-3H3,(H2,15,16,18)/t9?,10-,11-,12-/m0/s1. The van der Waals surface area contributed by atoms with Crippen LogP contribution < -0.4 is 10.6 Å². The molecule has 5 heteroatoms. The molecule has 0 saturated carbocycles. The minimum Gasteiger partial charge on any atom is -0.332 e. The molecule has 0 aromatic carbocycles. The van der Waals surface area contributed by atoms with E-state index >= 15 is 0 Å². The highest BCUT2D eigenvalue weighted by atomic mass is 32.2. The largest absolute Gasteiger partial charge is 0.332 e. The lowest BCUT2D eigenvalue weighted by atomic mass is 9.91. The second-order valence-electron chi connectivity index (χ2n) is 6.01. The predicted molar refractivity (Wildman–Crippen MR) is 78.3 cm³/mol. The first-order valence-corrected chi connectivity index (χ1v) is 8.26. The molecule has 2 N–H and O–H groups in total. The maximum Gasteiger partial charge on any atom is 0.315 e. The number of urea groups is 1. The van der Waals surface area contributed by atoms with E-state index in [1.165, 1.54) is 0 Å². The van der Waals surface area contributed by atoms with Crippen molar-refractivity contribution >= 4 is 23.6 Å². The molecule has 2 aliphatic rings. The number of hydrogen-bond donors (Lipinski definition) is 2. The molecule has 2 saturated heterocycles. The third kappa shape index (κ3) is 3.44. The van der Waals surface area contributed by atoms with Gasteiger partial charge in [-0.25, -0.2) is 4.79 Å². The van der Waals surface area contributed by atoms with E-state index in [2.05, 4.69) is 10.6 Å². The summed E-state index contributed by atoms with van der Waals surface area (Å²) in [6, 6.07) is 0.564. The molecule has 0 aromatic heterocycles. The summed E-state index contributed by atoms with van der Waals surface area (Å²) in [5.74, 6) is 1.68. The van der Waals surface area contributed by atoms with Gasteiger partial charge in [0.05, 0.1) is 12.1 Å². The molecule has 2 rings (SSSR count). The minimum absolute atomic E-state index is 0.0244. The Labute approximate surface area is 119 Å². The number of amides is 2. The number of hydrogen-bond acceptors (Lipinski definition) is 3. The van der Waals surface area contributed by atoms with Crippen molar-refractivity contribution in [1.82, 2.24) is 10.6 Å². The van der Waals surface area contributed by atoms with E-state index in [0.29, 0.717) is 17.1 Å². The highest BCUT2D eigenvalue weighted by molar-refractivity contribution is 8.00. The lowest BCUT2D eigenvalue weighted by Gasteiger charge is -2.18. The van der Waals surface area contributed by atoms with Gasteiger partial charge >= 0.3 is 6.03 Å². The fourth-order valence-corrected chi connectivity index (χ4v) is 4.52. The van der Waals surface area contributed by atoms with Crippen molar-refractivity contribution in [3.63, 3.8) is 0 Å². The molecule has 4 atom stereocenters. The summed E-state index contributed by atoms with van der Waals surface area (Å²) in [4.78, 5) is 23.1. The Morgan fingerprint density at radius 2 is 2.11 bits per heavy atom. The zero-order chi connectivity index (χ0) is 14.0. The van der Waals surface area contributed by atoms with E-state index in [1.54, 1.807) is 0 Å². The molecule has 0 aliphatic carbocycles. The van der Waals surface area contributed by atoms with Gasteiger partial charge in [-0.15, -0.1) is 0 Å². The highest BCUT2D eigenvalue weighted by Gasteiger charge is 2.42. The third-order valence-corrected chi connectivity index (χ3v) is 5.63. The molecule has 2 aliphatic heterocycles. The molecular weight excluding hydrogens is 260 g/mol. The second kappa shape index (κ2) is 6.16. The maximum absolute atomic E-state index is 11.8. The van der Waals surface area contributed by atoms with Gasteiger partial charge in [0.25, 0.3) is 0 Å². The van der Waals surface area contributed by atoms with Crippen molar-refractivity contribution in [2.24, 2.45) is 11.8 Å². The number of thioether (sulfide) groups is 1. The molecule has 1 unspecified atom stereocenters. The van der Waals surface area contributed by atoms with Crippen molar-refractivity contribution in [2.75, 3.05) is 5.75 Å². The van der Waals surface area contributed by atoms with Crippen LogP contribution in [-0.2, 0) is 4.79 Å². The van der Waals surface area contributed by atoms with Crippen LogP contribution in [0.4, 0.5) is 4.79 Å². The van der Waals surface area contributed by atoms with E-state index in [1.807, 2.05) is 32.5 Å². The Morgan fingerprint density at radius 3 is 2.79 bits per heavy atom. The molecule has 19 heavy (non-hydrogen) atoms. The molecule has 108 valence electrons. The van der Waals surface area contributed by atoms with E-state index in [-0.39, 0.29) is 23.9 Å². The maximum atomic E-state index is 11.8. The fraction of sp³-hybridized carbons (Fsp3) is 0.857. The van der Waals surface area contributed by atoms with E-state index in [4.69, 9.17) is 0 Å². The Bertz CT molecular complexity index is 359.